The molecule has 0 heterocycles. The molecular weight excluding hydrogens is 284 g/mol. The average Bonchev–Trinajstić information content (AvgIpc) is 2.35. The van der Waals surface area contributed by atoms with E-state index in [2.05, 4.69) is 0 Å². The molecule has 0 unspecified atom stereocenters. The summed E-state index contributed by atoms with van der Waals surface area (Å²) in [4.78, 5) is 0.369. The van der Waals surface area contributed by atoms with Gasteiger partial charge in [-0.25, -0.2) is 8.42 Å². The number of benzene rings is 1. The third-order valence-electron chi connectivity index (χ3n) is 3.39. The van der Waals surface area contributed by atoms with Crippen molar-refractivity contribution in [2.75, 3.05) is 5.75 Å². The summed E-state index contributed by atoms with van der Waals surface area (Å²) in [5.41, 5.74) is 1.44. The van der Waals surface area contributed by atoms with Crippen molar-refractivity contribution in [2.45, 2.75) is 57.5 Å². The smallest absolute Gasteiger partial charge is 0.181 e. The zero-order valence-corrected chi connectivity index (χ0v) is 14.2. The zero-order valence-electron chi connectivity index (χ0n) is 13.4. The van der Waals surface area contributed by atoms with Crippen LogP contribution in [-0.2, 0) is 9.84 Å². The Balaban J connectivity index is 2.59. The summed E-state index contributed by atoms with van der Waals surface area (Å²) in [5, 5.41) is 9.65. The first kappa shape index (κ1) is 17.9. The summed E-state index contributed by atoms with van der Waals surface area (Å²) in [6.45, 7) is 7.44. The van der Waals surface area contributed by atoms with Crippen LogP contribution < -0.4 is 0 Å². The Morgan fingerprint density at radius 1 is 1.24 bits per heavy atom. The molecule has 0 amide bonds. The highest BCUT2D eigenvalue weighted by molar-refractivity contribution is 7.91. The van der Waals surface area contributed by atoms with Gasteiger partial charge in [-0.1, -0.05) is 29.3 Å². The fraction of sp³-hybridized carbons (Fsp3) is 0.529. The minimum absolute atomic E-state index is 0.0322. The maximum atomic E-state index is 12.2. The molecule has 0 aliphatic heterocycles. The van der Waals surface area contributed by atoms with Gasteiger partial charge in [0.05, 0.1) is 16.2 Å². The number of sulfone groups is 1. The van der Waals surface area contributed by atoms with Crippen molar-refractivity contribution in [3.05, 3.63) is 41.5 Å². The number of aliphatic hydroxyl groups is 1. The van der Waals surface area contributed by atoms with Gasteiger partial charge in [0.25, 0.3) is 0 Å². The largest absolute Gasteiger partial charge is 0.390 e. The SMILES string of the molecule is C/C(=C\CS(=O)(=O)c1ccc(C)cc1)CCCC(C)(C)O. The van der Waals surface area contributed by atoms with E-state index >= 15 is 0 Å². The fourth-order valence-corrected chi connectivity index (χ4v) is 3.24. The highest BCUT2D eigenvalue weighted by atomic mass is 32.2. The molecule has 0 spiro atoms. The maximum Gasteiger partial charge on any atom is 0.181 e. The normalized spacial score (nSPS) is 13.5. The van der Waals surface area contributed by atoms with Gasteiger partial charge >= 0.3 is 0 Å². The molecule has 4 heteroatoms. The molecule has 0 aliphatic carbocycles. The van der Waals surface area contributed by atoms with E-state index in [4.69, 9.17) is 0 Å². The predicted octanol–water partition coefficient (Wildman–Crippen LogP) is 3.66. The Hall–Kier alpha value is -1.13. The van der Waals surface area contributed by atoms with Gasteiger partial charge in [0, 0.05) is 0 Å². The Morgan fingerprint density at radius 2 is 1.81 bits per heavy atom. The summed E-state index contributed by atoms with van der Waals surface area (Å²) < 4.78 is 24.4. The minimum Gasteiger partial charge on any atom is -0.390 e. The summed E-state index contributed by atoms with van der Waals surface area (Å²) in [6.07, 6.45) is 4.16. The third-order valence-corrected chi connectivity index (χ3v) is 4.99. The first-order chi connectivity index (χ1) is 9.60. The van der Waals surface area contributed by atoms with Crippen molar-refractivity contribution in [3.8, 4) is 0 Å². The van der Waals surface area contributed by atoms with E-state index in [1.807, 2.05) is 26.0 Å². The quantitative estimate of drug-likeness (QED) is 0.782. The zero-order chi connectivity index (χ0) is 16.1. The van der Waals surface area contributed by atoms with Crippen molar-refractivity contribution in [2.24, 2.45) is 0 Å². The third kappa shape index (κ3) is 6.91. The van der Waals surface area contributed by atoms with Crippen molar-refractivity contribution < 1.29 is 13.5 Å². The van der Waals surface area contributed by atoms with Gasteiger partial charge in [-0.3, -0.25) is 0 Å². The Kier molecular flexibility index (Phi) is 6.17. The Morgan fingerprint density at radius 3 is 2.33 bits per heavy atom. The summed E-state index contributed by atoms with van der Waals surface area (Å²) in [6, 6.07) is 6.93. The molecule has 21 heavy (non-hydrogen) atoms. The lowest BCUT2D eigenvalue weighted by Crippen LogP contribution is -2.17. The van der Waals surface area contributed by atoms with Gasteiger partial charge in [-0.15, -0.1) is 0 Å². The topological polar surface area (TPSA) is 54.4 Å². The molecule has 118 valence electrons. The van der Waals surface area contributed by atoms with Crippen LogP contribution in [0.5, 0.6) is 0 Å². The molecule has 1 N–H and O–H groups in total. The van der Waals surface area contributed by atoms with Crippen LogP contribution in [0, 0.1) is 6.92 Å². The molecule has 0 radical (unpaired) electrons. The summed E-state index contributed by atoms with van der Waals surface area (Å²) >= 11 is 0. The van der Waals surface area contributed by atoms with Gasteiger partial charge in [-0.05, 0) is 59.1 Å². The first-order valence-corrected chi connectivity index (χ1v) is 8.93. The monoisotopic (exact) mass is 310 g/mol. The maximum absolute atomic E-state index is 12.2. The first-order valence-electron chi connectivity index (χ1n) is 7.28. The van der Waals surface area contributed by atoms with Crippen molar-refractivity contribution in [3.63, 3.8) is 0 Å². The lowest BCUT2D eigenvalue weighted by molar-refractivity contribution is 0.0689. The number of aryl methyl sites for hydroxylation is 1. The molecule has 0 aliphatic rings. The van der Waals surface area contributed by atoms with E-state index in [0.29, 0.717) is 11.3 Å². The van der Waals surface area contributed by atoms with E-state index in [9.17, 15) is 13.5 Å². The van der Waals surface area contributed by atoms with E-state index in [1.54, 1.807) is 32.1 Å². The van der Waals surface area contributed by atoms with Gasteiger partial charge in [-0.2, -0.15) is 0 Å². The number of allylic oxidation sites excluding steroid dienone is 1. The molecular formula is C17H26O3S. The molecule has 0 saturated carbocycles. The van der Waals surface area contributed by atoms with Gasteiger partial charge < -0.3 is 5.11 Å². The Bertz CT molecular complexity index is 575. The molecule has 0 saturated heterocycles. The van der Waals surface area contributed by atoms with Crippen molar-refractivity contribution in [1.29, 1.82) is 0 Å². The fourth-order valence-electron chi connectivity index (χ4n) is 2.00. The van der Waals surface area contributed by atoms with Gasteiger partial charge in [0.15, 0.2) is 9.84 Å². The predicted molar refractivity (Wildman–Crippen MR) is 87.1 cm³/mol. The standard InChI is InChI=1S/C17H26O3S/c1-14(6-5-12-17(3,4)18)11-13-21(19,20)16-9-7-15(2)8-10-16/h7-11,18H,5-6,12-13H2,1-4H3/b14-11+. The molecule has 0 aromatic heterocycles. The molecule has 3 nitrogen and oxygen atoms in total. The second-order valence-corrected chi connectivity index (χ2v) is 8.35. The number of hydrogen-bond donors (Lipinski definition) is 1. The lowest BCUT2D eigenvalue weighted by Gasteiger charge is -2.16. The number of hydrogen-bond acceptors (Lipinski definition) is 3. The van der Waals surface area contributed by atoms with Crippen molar-refractivity contribution >= 4 is 9.84 Å². The Labute approximate surface area is 128 Å². The van der Waals surface area contributed by atoms with Crippen LogP contribution in [0.2, 0.25) is 0 Å². The van der Waals surface area contributed by atoms with Gasteiger partial charge in [0.2, 0.25) is 0 Å². The highest BCUT2D eigenvalue weighted by Gasteiger charge is 2.13. The molecule has 0 fully saturated rings. The average molecular weight is 310 g/mol. The van der Waals surface area contributed by atoms with Crippen LogP contribution in [0.25, 0.3) is 0 Å². The van der Waals surface area contributed by atoms with E-state index in [-0.39, 0.29) is 5.75 Å². The van der Waals surface area contributed by atoms with Crippen molar-refractivity contribution in [1.82, 2.24) is 0 Å². The second-order valence-electron chi connectivity index (χ2n) is 6.31. The summed E-state index contributed by atoms with van der Waals surface area (Å²) in [5.74, 6) is 0.0322. The molecule has 0 bridgehead atoms. The van der Waals surface area contributed by atoms with Gasteiger partial charge in [0.1, 0.15) is 0 Å². The molecule has 1 aromatic carbocycles. The van der Waals surface area contributed by atoms with E-state index in [0.717, 1.165) is 24.0 Å². The van der Waals surface area contributed by atoms with E-state index in [1.165, 1.54) is 0 Å². The highest BCUT2D eigenvalue weighted by Crippen LogP contribution is 2.17. The van der Waals surface area contributed by atoms with Crippen LogP contribution in [0.3, 0.4) is 0 Å². The lowest BCUT2D eigenvalue weighted by atomic mass is 9.99. The number of rotatable bonds is 7. The summed E-state index contributed by atoms with van der Waals surface area (Å²) in [7, 11) is -3.25. The molecule has 1 aromatic rings. The van der Waals surface area contributed by atoms with Crippen LogP contribution in [0.1, 0.15) is 45.6 Å². The van der Waals surface area contributed by atoms with Crippen LogP contribution in [0.15, 0.2) is 40.8 Å². The van der Waals surface area contributed by atoms with Crippen LogP contribution in [0.4, 0.5) is 0 Å². The molecule has 0 atom stereocenters. The van der Waals surface area contributed by atoms with Crippen LogP contribution in [-0.4, -0.2) is 24.9 Å². The second kappa shape index (κ2) is 7.23. The van der Waals surface area contributed by atoms with E-state index < -0.39 is 15.4 Å². The minimum atomic E-state index is -3.25. The molecule has 1 rings (SSSR count). The van der Waals surface area contributed by atoms with Crippen LogP contribution >= 0.6 is 0 Å².